The van der Waals surface area contributed by atoms with Gasteiger partial charge in [0, 0.05) is 12.0 Å². The Bertz CT molecular complexity index is 532. The van der Waals surface area contributed by atoms with E-state index in [9.17, 15) is 22.0 Å². The largest absolute Gasteiger partial charge is 0.434 e. The molecule has 1 aliphatic rings. The number of hydrogen-bond donors (Lipinski definition) is 1. The van der Waals surface area contributed by atoms with Gasteiger partial charge in [-0.2, -0.15) is 22.0 Å². The zero-order valence-corrected chi connectivity index (χ0v) is 10.6. The van der Waals surface area contributed by atoms with Crippen molar-refractivity contribution >= 4 is 17.5 Å². The van der Waals surface area contributed by atoms with E-state index in [1.807, 2.05) is 0 Å². The molecular weight excluding hydrogens is 303 g/mol. The smallest absolute Gasteiger partial charge is 0.419 e. The third-order valence-electron chi connectivity index (χ3n) is 2.52. The van der Waals surface area contributed by atoms with Crippen LogP contribution in [-0.4, -0.2) is 16.8 Å². The minimum Gasteiger partial charge on any atom is -0.434 e. The Kier molecular flexibility index (Phi) is 4.09. The van der Waals surface area contributed by atoms with Crippen molar-refractivity contribution in [3.05, 3.63) is 35.5 Å². The molecule has 0 saturated heterocycles. The average molecular weight is 312 g/mol. The lowest BCUT2D eigenvalue weighted by atomic mass is 10.0. The van der Waals surface area contributed by atoms with Crippen LogP contribution in [0.25, 0.3) is 5.57 Å². The Morgan fingerprint density at radius 2 is 2.00 bits per heavy atom. The Morgan fingerprint density at radius 1 is 1.30 bits per heavy atom. The Hall–Kier alpha value is -1.48. The van der Waals surface area contributed by atoms with Crippen LogP contribution >= 0.6 is 11.9 Å². The molecule has 9 heteroatoms. The van der Waals surface area contributed by atoms with Gasteiger partial charge in [0.05, 0.1) is 5.56 Å². The van der Waals surface area contributed by atoms with Crippen LogP contribution in [0.2, 0.25) is 0 Å². The number of nitrogens with zero attached hydrogens (tertiary/aromatic N) is 1. The molecule has 2 N–H and O–H groups in total. The first-order chi connectivity index (χ1) is 9.27. The quantitative estimate of drug-likeness (QED) is 0.527. The van der Waals surface area contributed by atoms with Crippen LogP contribution < -0.4 is 10.6 Å². The van der Waals surface area contributed by atoms with Crippen LogP contribution in [0.3, 0.4) is 0 Å². The normalized spacial score (nSPS) is 15.8. The molecule has 1 aromatic carbocycles. The van der Waals surface area contributed by atoms with Gasteiger partial charge in [0.2, 0.25) is 0 Å². The van der Waals surface area contributed by atoms with Crippen molar-refractivity contribution in [2.45, 2.75) is 12.8 Å². The predicted octanol–water partition coefficient (Wildman–Crippen LogP) is 3.49. The Morgan fingerprint density at radius 3 is 2.50 bits per heavy atom. The highest BCUT2D eigenvalue weighted by atomic mass is 32.2. The van der Waals surface area contributed by atoms with Gasteiger partial charge in [0.25, 0.3) is 0 Å². The molecule has 110 valence electrons. The number of alkyl halides is 5. The summed E-state index contributed by atoms with van der Waals surface area (Å²) in [5.41, 5.74) is -0.400. The molecule has 1 aromatic rings. The summed E-state index contributed by atoms with van der Waals surface area (Å²) in [4.78, 5) is 0. The maximum atomic E-state index is 12.9. The first kappa shape index (κ1) is 14.9. The molecule has 0 radical (unpaired) electrons. The topological polar surface area (TPSA) is 38.5 Å². The zero-order chi connectivity index (χ0) is 14.9. The fraction of sp³-hybridized carbons (Fsp3) is 0.273. The van der Waals surface area contributed by atoms with Crippen LogP contribution in [0.5, 0.6) is 5.75 Å². The van der Waals surface area contributed by atoms with Gasteiger partial charge in [0.1, 0.15) is 5.75 Å². The highest BCUT2D eigenvalue weighted by Gasteiger charge is 2.35. The van der Waals surface area contributed by atoms with Crippen LogP contribution in [0.1, 0.15) is 11.1 Å². The summed E-state index contributed by atoms with van der Waals surface area (Å²) in [6.45, 7) is -3.32. The molecule has 0 fully saturated rings. The lowest BCUT2D eigenvalue weighted by Crippen LogP contribution is -2.12. The molecule has 0 bridgehead atoms. The second-order valence-corrected chi connectivity index (χ2v) is 4.84. The highest BCUT2D eigenvalue weighted by Crippen LogP contribution is 2.39. The highest BCUT2D eigenvalue weighted by molar-refractivity contribution is 7.97. The Balaban J connectivity index is 2.41. The first-order valence-corrected chi connectivity index (χ1v) is 6.25. The molecule has 0 amide bonds. The zero-order valence-electron chi connectivity index (χ0n) is 9.82. The third-order valence-corrected chi connectivity index (χ3v) is 3.37. The number of hydrogen-bond acceptors (Lipinski definition) is 4. The van der Waals surface area contributed by atoms with Gasteiger partial charge in [0.15, 0.2) is 0 Å². The SMILES string of the molecule is NN1C=C(c2ccc(OC(F)F)c(C(F)(F)F)c2)CS1. The van der Waals surface area contributed by atoms with E-state index in [4.69, 9.17) is 5.84 Å². The standard InChI is InChI=1S/C11H9F5N2OS/c12-10(13)19-9-2-1-6(3-8(9)11(14,15)16)7-4-18(17)20-5-7/h1-4,10H,5,17H2. The van der Waals surface area contributed by atoms with Crippen LogP contribution in [0, 0.1) is 0 Å². The fourth-order valence-electron chi connectivity index (χ4n) is 1.68. The molecule has 0 aliphatic carbocycles. The summed E-state index contributed by atoms with van der Waals surface area (Å²) in [7, 11) is 0. The number of nitrogens with two attached hydrogens (primary N) is 1. The first-order valence-electron chi connectivity index (χ1n) is 5.31. The number of hydrazine groups is 1. The third kappa shape index (κ3) is 3.34. The molecule has 0 spiro atoms. The summed E-state index contributed by atoms with van der Waals surface area (Å²) in [6, 6.07) is 2.96. The van der Waals surface area contributed by atoms with Crippen molar-refractivity contribution in [2.24, 2.45) is 5.84 Å². The Labute approximate surface area is 115 Å². The molecule has 2 rings (SSSR count). The molecule has 0 unspecified atom stereocenters. The molecule has 1 aliphatic heterocycles. The van der Waals surface area contributed by atoms with Crippen molar-refractivity contribution in [1.29, 1.82) is 0 Å². The molecule has 0 atom stereocenters. The molecular formula is C11H9F5N2OS. The average Bonchev–Trinajstić information content (AvgIpc) is 2.74. The van der Waals surface area contributed by atoms with Crippen molar-refractivity contribution in [3.63, 3.8) is 0 Å². The van der Waals surface area contributed by atoms with Gasteiger partial charge in [-0.25, -0.2) is 5.84 Å². The van der Waals surface area contributed by atoms with Crippen LogP contribution in [0.15, 0.2) is 24.4 Å². The molecule has 1 heterocycles. The summed E-state index contributed by atoms with van der Waals surface area (Å²) in [5, 5.41) is 0. The number of halogens is 5. The van der Waals surface area contributed by atoms with Crippen molar-refractivity contribution in [2.75, 3.05) is 5.75 Å². The van der Waals surface area contributed by atoms with Crippen LogP contribution in [-0.2, 0) is 6.18 Å². The molecule has 0 aromatic heterocycles. The second kappa shape index (κ2) is 5.49. The van der Waals surface area contributed by atoms with E-state index in [-0.39, 0.29) is 5.56 Å². The van der Waals surface area contributed by atoms with E-state index in [2.05, 4.69) is 4.74 Å². The van der Waals surface area contributed by atoms with E-state index >= 15 is 0 Å². The lowest BCUT2D eigenvalue weighted by molar-refractivity contribution is -0.141. The predicted molar refractivity (Wildman–Crippen MR) is 64.5 cm³/mol. The number of ether oxygens (including phenoxy) is 1. The summed E-state index contributed by atoms with van der Waals surface area (Å²) in [6.07, 6.45) is -3.30. The monoisotopic (exact) mass is 312 g/mol. The lowest BCUT2D eigenvalue weighted by Gasteiger charge is -2.15. The maximum Gasteiger partial charge on any atom is 0.419 e. The van der Waals surface area contributed by atoms with E-state index < -0.39 is 24.1 Å². The van der Waals surface area contributed by atoms with E-state index in [1.165, 1.54) is 28.6 Å². The summed E-state index contributed by atoms with van der Waals surface area (Å²) >= 11 is 1.21. The molecule has 0 saturated carbocycles. The van der Waals surface area contributed by atoms with Crippen LogP contribution in [0.4, 0.5) is 22.0 Å². The van der Waals surface area contributed by atoms with Crippen molar-refractivity contribution in [1.82, 2.24) is 4.41 Å². The van der Waals surface area contributed by atoms with Crippen molar-refractivity contribution in [3.8, 4) is 5.75 Å². The molecule has 3 nitrogen and oxygen atoms in total. The van der Waals surface area contributed by atoms with E-state index in [1.54, 1.807) is 0 Å². The summed E-state index contributed by atoms with van der Waals surface area (Å²) in [5.74, 6) is 4.97. The van der Waals surface area contributed by atoms with Gasteiger partial charge in [-0.3, -0.25) is 4.41 Å². The minimum absolute atomic E-state index is 0.263. The van der Waals surface area contributed by atoms with Gasteiger partial charge in [-0.05, 0) is 35.2 Å². The van der Waals surface area contributed by atoms with Gasteiger partial charge in [-0.1, -0.05) is 6.07 Å². The van der Waals surface area contributed by atoms with E-state index in [0.717, 1.165) is 12.1 Å². The molecule has 20 heavy (non-hydrogen) atoms. The van der Waals surface area contributed by atoms with Gasteiger partial charge < -0.3 is 4.74 Å². The maximum absolute atomic E-state index is 12.9. The minimum atomic E-state index is -4.78. The summed E-state index contributed by atoms with van der Waals surface area (Å²) < 4.78 is 68.0. The van der Waals surface area contributed by atoms with Gasteiger partial charge >= 0.3 is 12.8 Å². The van der Waals surface area contributed by atoms with Crippen molar-refractivity contribution < 1.29 is 26.7 Å². The van der Waals surface area contributed by atoms with E-state index in [0.29, 0.717) is 11.3 Å². The fourth-order valence-corrected chi connectivity index (χ4v) is 2.41. The van der Waals surface area contributed by atoms with Gasteiger partial charge in [-0.15, -0.1) is 0 Å². The number of benzene rings is 1. The number of rotatable bonds is 3. The second-order valence-electron chi connectivity index (χ2n) is 3.87.